The van der Waals surface area contributed by atoms with E-state index in [4.69, 9.17) is 9.15 Å². The van der Waals surface area contributed by atoms with Gasteiger partial charge in [-0.1, -0.05) is 12.1 Å². The van der Waals surface area contributed by atoms with E-state index in [0.29, 0.717) is 11.3 Å². The van der Waals surface area contributed by atoms with Crippen LogP contribution in [0.2, 0.25) is 0 Å². The number of likely N-dealkylation sites (N-methyl/N-ethyl adjacent to an activating group) is 1. The zero-order valence-electron chi connectivity index (χ0n) is 16.8. The highest BCUT2D eigenvalue weighted by Gasteiger charge is 2.23. The van der Waals surface area contributed by atoms with Crippen LogP contribution in [0.25, 0.3) is 11.0 Å². The molecule has 1 heterocycles. The first-order chi connectivity index (χ1) is 13.3. The number of ether oxygens (including phenoxy) is 1. The van der Waals surface area contributed by atoms with Crippen molar-refractivity contribution >= 4 is 28.5 Å². The minimum absolute atomic E-state index is 0.0774. The Morgan fingerprint density at radius 2 is 1.86 bits per heavy atom. The van der Waals surface area contributed by atoms with Crippen LogP contribution < -0.4 is 10.1 Å². The summed E-state index contributed by atoms with van der Waals surface area (Å²) >= 11 is 0. The number of hydrogen-bond acceptors (Lipinski definition) is 4. The Hall–Kier alpha value is -3.28. The monoisotopic (exact) mass is 380 g/mol. The van der Waals surface area contributed by atoms with E-state index in [1.54, 1.807) is 26.3 Å². The first-order valence-corrected chi connectivity index (χ1v) is 9.00. The van der Waals surface area contributed by atoms with Gasteiger partial charge in [-0.05, 0) is 56.2 Å². The van der Waals surface area contributed by atoms with E-state index in [2.05, 4.69) is 5.32 Å². The average molecular weight is 380 g/mol. The summed E-state index contributed by atoms with van der Waals surface area (Å²) in [6.07, 6.45) is 0. The maximum Gasteiger partial charge on any atom is 0.290 e. The fourth-order valence-electron chi connectivity index (χ4n) is 3.05. The van der Waals surface area contributed by atoms with Gasteiger partial charge < -0.3 is 19.4 Å². The maximum atomic E-state index is 12.8. The Kier molecular flexibility index (Phi) is 5.40. The molecule has 3 aromatic rings. The first-order valence-electron chi connectivity index (χ1n) is 9.00. The number of carbonyl (C=O) groups excluding carboxylic acids is 2. The summed E-state index contributed by atoms with van der Waals surface area (Å²) in [6, 6.07) is 11.2. The molecule has 0 atom stereocenters. The van der Waals surface area contributed by atoms with Crippen LogP contribution in [0.15, 0.2) is 40.8 Å². The van der Waals surface area contributed by atoms with Gasteiger partial charge in [-0.15, -0.1) is 0 Å². The molecule has 2 aromatic carbocycles. The number of nitrogens with zero attached hydrogens (tertiary/aromatic N) is 1. The minimum Gasteiger partial charge on any atom is -0.497 e. The van der Waals surface area contributed by atoms with E-state index in [9.17, 15) is 9.59 Å². The highest BCUT2D eigenvalue weighted by atomic mass is 16.5. The van der Waals surface area contributed by atoms with Gasteiger partial charge >= 0.3 is 0 Å². The van der Waals surface area contributed by atoms with Gasteiger partial charge in [-0.25, -0.2) is 0 Å². The predicted octanol–water partition coefficient (Wildman–Crippen LogP) is 4.08. The van der Waals surface area contributed by atoms with Gasteiger partial charge in [-0.3, -0.25) is 9.59 Å². The Bertz CT molecular complexity index is 1050. The van der Waals surface area contributed by atoms with Crippen LogP contribution in [-0.2, 0) is 4.79 Å². The molecule has 0 spiro atoms. The Morgan fingerprint density at radius 3 is 2.57 bits per heavy atom. The van der Waals surface area contributed by atoms with Crippen LogP contribution in [0, 0.1) is 20.8 Å². The molecule has 3 rings (SSSR count). The second-order valence-electron chi connectivity index (χ2n) is 6.95. The van der Waals surface area contributed by atoms with Gasteiger partial charge in [0.2, 0.25) is 5.91 Å². The third-order valence-corrected chi connectivity index (χ3v) is 4.73. The summed E-state index contributed by atoms with van der Waals surface area (Å²) < 4.78 is 11.0. The molecule has 0 aliphatic heterocycles. The van der Waals surface area contributed by atoms with Crippen molar-refractivity contribution in [2.45, 2.75) is 20.8 Å². The van der Waals surface area contributed by atoms with Crippen molar-refractivity contribution in [2.24, 2.45) is 0 Å². The number of furan rings is 1. The van der Waals surface area contributed by atoms with Crippen LogP contribution in [0.5, 0.6) is 5.75 Å². The highest BCUT2D eigenvalue weighted by molar-refractivity contribution is 6.02. The lowest BCUT2D eigenvalue weighted by Gasteiger charge is -2.16. The second kappa shape index (κ2) is 7.76. The Morgan fingerprint density at radius 1 is 1.11 bits per heavy atom. The second-order valence-corrected chi connectivity index (χ2v) is 6.95. The smallest absolute Gasteiger partial charge is 0.290 e. The molecule has 6 heteroatoms. The number of amides is 2. The van der Waals surface area contributed by atoms with Gasteiger partial charge in [0.05, 0.1) is 13.7 Å². The third-order valence-electron chi connectivity index (χ3n) is 4.73. The molecule has 28 heavy (non-hydrogen) atoms. The van der Waals surface area contributed by atoms with Gasteiger partial charge in [0, 0.05) is 23.7 Å². The van der Waals surface area contributed by atoms with Crippen molar-refractivity contribution in [3.05, 3.63) is 58.8 Å². The van der Waals surface area contributed by atoms with E-state index in [1.165, 1.54) is 4.90 Å². The molecule has 6 nitrogen and oxygen atoms in total. The number of aryl methyl sites for hydroxylation is 3. The molecular weight excluding hydrogens is 356 g/mol. The third kappa shape index (κ3) is 3.86. The van der Waals surface area contributed by atoms with Gasteiger partial charge in [-0.2, -0.15) is 0 Å². The fraction of sp³-hybridized carbons (Fsp3) is 0.273. The molecule has 146 valence electrons. The zero-order valence-corrected chi connectivity index (χ0v) is 16.8. The van der Waals surface area contributed by atoms with E-state index in [1.807, 2.05) is 45.0 Å². The van der Waals surface area contributed by atoms with Crippen LogP contribution in [-0.4, -0.2) is 37.4 Å². The molecule has 0 aliphatic rings. The van der Waals surface area contributed by atoms with Crippen LogP contribution in [0.4, 0.5) is 5.69 Å². The molecule has 1 N–H and O–H groups in total. The summed E-state index contributed by atoms with van der Waals surface area (Å²) in [4.78, 5) is 26.6. The highest BCUT2D eigenvalue weighted by Crippen LogP contribution is 2.29. The lowest BCUT2D eigenvalue weighted by Crippen LogP contribution is -2.35. The molecule has 0 saturated heterocycles. The first kappa shape index (κ1) is 19.5. The van der Waals surface area contributed by atoms with Gasteiger partial charge in [0.15, 0.2) is 5.76 Å². The van der Waals surface area contributed by atoms with Crippen LogP contribution >= 0.6 is 0 Å². The van der Waals surface area contributed by atoms with Crippen molar-refractivity contribution in [1.29, 1.82) is 0 Å². The predicted molar refractivity (Wildman–Crippen MR) is 109 cm³/mol. The van der Waals surface area contributed by atoms with Crippen molar-refractivity contribution in [3.63, 3.8) is 0 Å². The lowest BCUT2D eigenvalue weighted by molar-refractivity contribution is -0.116. The van der Waals surface area contributed by atoms with Crippen LogP contribution in [0.3, 0.4) is 0 Å². The Balaban J connectivity index is 1.75. The van der Waals surface area contributed by atoms with Gasteiger partial charge in [0.25, 0.3) is 5.91 Å². The van der Waals surface area contributed by atoms with E-state index < -0.39 is 0 Å². The number of benzene rings is 2. The molecule has 0 radical (unpaired) electrons. The van der Waals surface area contributed by atoms with E-state index >= 15 is 0 Å². The minimum atomic E-state index is -0.344. The summed E-state index contributed by atoms with van der Waals surface area (Å²) in [5.74, 6) is 0.311. The topological polar surface area (TPSA) is 71.8 Å². The van der Waals surface area contributed by atoms with Gasteiger partial charge in [0.1, 0.15) is 11.3 Å². The van der Waals surface area contributed by atoms with Crippen molar-refractivity contribution in [3.8, 4) is 5.75 Å². The number of rotatable bonds is 5. The number of anilines is 1. The standard InChI is InChI=1S/C22H24N2O4/c1-13-6-7-14(2)18(10-13)23-20(25)12-24(4)22(26)21-15(3)17-11-16(27-5)8-9-19(17)28-21/h6-11H,12H2,1-5H3,(H,23,25). The van der Waals surface area contributed by atoms with Crippen molar-refractivity contribution in [1.82, 2.24) is 4.90 Å². The zero-order chi connectivity index (χ0) is 20.4. The summed E-state index contributed by atoms with van der Waals surface area (Å²) in [5, 5.41) is 3.68. The van der Waals surface area contributed by atoms with E-state index in [-0.39, 0.29) is 24.1 Å². The average Bonchev–Trinajstić information content (AvgIpc) is 3.00. The SMILES string of the molecule is COc1ccc2oc(C(=O)N(C)CC(=O)Nc3cc(C)ccc3C)c(C)c2c1. The Labute approximate surface area is 164 Å². The lowest BCUT2D eigenvalue weighted by atomic mass is 10.1. The molecule has 0 unspecified atom stereocenters. The molecule has 0 aliphatic carbocycles. The molecule has 0 fully saturated rings. The molecular formula is C22H24N2O4. The number of fused-ring (bicyclic) bond motifs is 1. The number of carbonyl (C=O) groups is 2. The fourth-order valence-corrected chi connectivity index (χ4v) is 3.05. The van der Waals surface area contributed by atoms with Crippen LogP contribution in [0.1, 0.15) is 27.2 Å². The van der Waals surface area contributed by atoms with Crippen molar-refractivity contribution in [2.75, 3.05) is 26.0 Å². The van der Waals surface area contributed by atoms with E-state index in [0.717, 1.165) is 27.8 Å². The summed E-state index contributed by atoms with van der Waals surface area (Å²) in [6.45, 7) is 5.63. The maximum absolute atomic E-state index is 12.8. The quantitative estimate of drug-likeness (QED) is 0.724. The number of nitrogens with one attached hydrogen (secondary N) is 1. The molecule has 0 bridgehead atoms. The normalized spacial score (nSPS) is 10.8. The number of methoxy groups -OCH3 is 1. The van der Waals surface area contributed by atoms with Crippen molar-refractivity contribution < 1.29 is 18.7 Å². The summed E-state index contributed by atoms with van der Waals surface area (Å²) in [7, 11) is 3.17. The molecule has 1 aromatic heterocycles. The molecule has 0 saturated carbocycles. The summed E-state index contributed by atoms with van der Waals surface area (Å²) in [5.41, 5.74) is 4.10. The molecule has 2 amide bonds. The largest absolute Gasteiger partial charge is 0.497 e. The number of hydrogen-bond donors (Lipinski definition) is 1.